The minimum Gasteiger partial charge on any atom is -0.491 e. The summed E-state index contributed by atoms with van der Waals surface area (Å²) in [5, 5.41) is 0.807. The van der Waals surface area contributed by atoms with Gasteiger partial charge in [0.25, 0.3) is 5.91 Å². The van der Waals surface area contributed by atoms with E-state index in [9.17, 15) is 9.18 Å². The number of fused-ring (bicyclic) bond motifs is 2. The molecule has 1 aliphatic carbocycles. The van der Waals surface area contributed by atoms with Crippen LogP contribution in [-0.2, 0) is 0 Å². The van der Waals surface area contributed by atoms with E-state index in [-0.39, 0.29) is 23.8 Å². The van der Waals surface area contributed by atoms with Crippen LogP contribution < -0.4 is 4.74 Å². The Morgan fingerprint density at radius 1 is 1.23 bits per heavy atom. The maximum absolute atomic E-state index is 13.8. The maximum Gasteiger partial charge on any atom is 0.274 e. The molecule has 2 aromatic heterocycles. The highest BCUT2D eigenvalue weighted by atomic mass is 32.1. The number of amides is 1. The Morgan fingerprint density at radius 3 is 2.65 bits per heavy atom. The number of piperidine rings is 2. The van der Waals surface area contributed by atoms with Crippen LogP contribution in [-0.4, -0.2) is 44.4 Å². The van der Waals surface area contributed by atoms with Crippen molar-refractivity contribution in [1.82, 2.24) is 19.9 Å². The molecule has 2 bridgehead atoms. The van der Waals surface area contributed by atoms with Gasteiger partial charge in [-0.15, -0.1) is 11.3 Å². The number of carbonyl (C=O) groups is 1. The van der Waals surface area contributed by atoms with Crippen molar-refractivity contribution >= 4 is 17.2 Å². The van der Waals surface area contributed by atoms with Crippen molar-refractivity contribution in [3.63, 3.8) is 0 Å². The van der Waals surface area contributed by atoms with Crippen molar-refractivity contribution < 1.29 is 13.9 Å². The van der Waals surface area contributed by atoms with Crippen LogP contribution in [0.15, 0.2) is 42.7 Å². The molecular weight excluding hydrogens is 415 g/mol. The number of halogens is 1. The topological polar surface area (TPSA) is 68.2 Å². The Kier molecular flexibility index (Phi) is 5.17. The predicted molar refractivity (Wildman–Crippen MR) is 115 cm³/mol. The number of hydrogen-bond acceptors (Lipinski definition) is 6. The first kappa shape index (κ1) is 20.1. The van der Waals surface area contributed by atoms with Crippen molar-refractivity contribution in [2.75, 3.05) is 6.61 Å². The number of aryl methyl sites for hydroxylation is 1. The number of aromatic nitrogens is 3. The first-order valence-electron chi connectivity index (χ1n) is 10.5. The van der Waals surface area contributed by atoms with Crippen LogP contribution >= 0.6 is 11.3 Å². The fraction of sp³-hybridized carbons (Fsp3) is 0.391. The van der Waals surface area contributed by atoms with Gasteiger partial charge in [-0.3, -0.25) is 4.79 Å². The van der Waals surface area contributed by atoms with Crippen molar-refractivity contribution in [3.05, 3.63) is 59.2 Å². The monoisotopic (exact) mass is 438 g/mol. The summed E-state index contributed by atoms with van der Waals surface area (Å²) in [5.74, 6) is 1.64. The molecule has 3 fully saturated rings. The Hall–Kier alpha value is -2.87. The lowest BCUT2D eigenvalue weighted by atomic mass is 9.64. The Bertz CT molecular complexity index is 1080. The van der Waals surface area contributed by atoms with E-state index in [0.29, 0.717) is 40.6 Å². The van der Waals surface area contributed by atoms with Gasteiger partial charge >= 0.3 is 0 Å². The quantitative estimate of drug-likeness (QED) is 0.592. The molecule has 0 unspecified atom stereocenters. The number of rotatable bonds is 5. The molecule has 4 heterocycles. The van der Waals surface area contributed by atoms with Gasteiger partial charge in [-0.05, 0) is 61.9 Å². The molecule has 8 heteroatoms. The third kappa shape index (κ3) is 3.69. The summed E-state index contributed by atoms with van der Waals surface area (Å²) >= 11 is 1.44. The van der Waals surface area contributed by atoms with E-state index in [0.717, 1.165) is 17.8 Å². The number of hydrogen-bond donors (Lipinski definition) is 0. The standard InChI is InChI=1S/C23H23FN4O2S/c1-13-15-10-17(11-15)28(19(13)12-30-18-6-4-16(24)5-7-18)23(29)20-21(31-14(2)27-20)22-25-8-3-9-26-22/h3-9,13,15,17,19H,10-12H2,1-2H3/t13-,15?,17?,19-/m1/s1. The summed E-state index contributed by atoms with van der Waals surface area (Å²) in [7, 11) is 0. The minimum absolute atomic E-state index is 0.0680. The Morgan fingerprint density at radius 2 is 1.94 bits per heavy atom. The van der Waals surface area contributed by atoms with E-state index in [1.165, 1.54) is 23.5 Å². The largest absolute Gasteiger partial charge is 0.491 e. The average Bonchev–Trinajstić information content (AvgIpc) is 3.14. The van der Waals surface area contributed by atoms with E-state index in [2.05, 4.69) is 21.9 Å². The SMILES string of the molecule is Cc1nc(C(=O)N2C3CC(C3)[C@@H](C)[C@H]2COc2ccc(F)cc2)c(-c2ncccn2)s1. The zero-order valence-electron chi connectivity index (χ0n) is 17.4. The molecule has 31 heavy (non-hydrogen) atoms. The molecule has 6 nitrogen and oxygen atoms in total. The van der Waals surface area contributed by atoms with Gasteiger partial charge in [-0.2, -0.15) is 0 Å². The van der Waals surface area contributed by atoms with Crippen LogP contribution in [0.1, 0.15) is 35.3 Å². The molecule has 6 rings (SSSR count). The number of nitrogens with zero attached hydrogens (tertiary/aromatic N) is 4. The second kappa shape index (κ2) is 8.00. The lowest BCUT2D eigenvalue weighted by Crippen LogP contribution is -2.64. The third-order valence-corrected chi connectivity index (χ3v) is 7.39. The van der Waals surface area contributed by atoms with Gasteiger partial charge in [-0.1, -0.05) is 6.92 Å². The molecule has 2 saturated heterocycles. The minimum atomic E-state index is -0.300. The van der Waals surface area contributed by atoms with E-state index >= 15 is 0 Å². The van der Waals surface area contributed by atoms with Gasteiger partial charge in [0.05, 0.1) is 11.0 Å². The number of thiazole rings is 1. The third-order valence-electron chi connectivity index (χ3n) is 6.43. The van der Waals surface area contributed by atoms with Gasteiger partial charge in [0.15, 0.2) is 11.5 Å². The summed E-state index contributed by atoms with van der Waals surface area (Å²) in [6, 6.07) is 7.87. The van der Waals surface area contributed by atoms with Crippen molar-refractivity contribution in [2.24, 2.45) is 11.8 Å². The van der Waals surface area contributed by atoms with Gasteiger partial charge in [-0.25, -0.2) is 19.3 Å². The van der Waals surface area contributed by atoms with Crippen LogP contribution in [0.2, 0.25) is 0 Å². The lowest BCUT2D eigenvalue weighted by Gasteiger charge is -2.57. The number of ether oxygens (including phenoxy) is 1. The molecular formula is C23H23FN4O2S. The van der Waals surface area contributed by atoms with Crippen LogP contribution in [0.4, 0.5) is 4.39 Å². The van der Waals surface area contributed by atoms with Crippen LogP contribution in [0.25, 0.3) is 10.7 Å². The maximum atomic E-state index is 13.8. The van der Waals surface area contributed by atoms with Crippen molar-refractivity contribution in [1.29, 1.82) is 0 Å². The molecule has 160 valence electrons. The zero-order valence-corrected chi connectivity index (χ0v) is 18.2. The average molecular weight is 439 g/mol. The van der Waals surface area contributed by atoms with E-state index < -0.39 is 0 Å². The molecule has 0 radical (unpaired) electrons. The van der Waals surface area contributed by atoms with Gasteiger partial charge in [0, 0.05) is 18.4 Å². The molecule has 1 saturated carbocycles. The Labute approximate surface area is 184 Å². The second-order valence-electron chi connectivity index (χ2n) is 8.27. The molecule has 3 aromatic rings. The van der Waals surface area contributed by atoms with Crippen LogP contribution in [0, 0.1) is 24.6 Å². The molecule has 0 spiro atoms. The van der Waals surface area contributed by atoms with E-state index in [1.54, 1.807) is 30.6 Å². The van der Waals surface area contributed by atoms with Gasteiger partial charge in [0.1, 0.15) is 23.1 Å². The zero-order chi connectivity index (χ0) is 21.5. The highest BCUT2D eigenvalue weighted by Gasteiger charge is 2.51. The molecule has 0 N–H and O–H groups in total. The first-order valence-corrected chi connectivity index (χ1v) is 11.3. The molecule has 2 aliphatic heterocycles. The summed E-state index contributed by atoms with van der Waals surface area (Å²) in [6.45, 7) is 4.44. The van der Waals surface area contributed by atoms with Crippen molar-refractivity contribution in [3.8, 4) is 16.5 Å². The predicted octanol–water partition coefficient (Wildman–Crippen LogP) is 4.37. The fourth-order valence-corrected chi connectivity index (χ4v) is 5.51. The van der Waals surface area contributed by atoms with Gasteiger partial charge in [0.2, 0.25) is 0 Å². The first-order chi connectivity index (χ1) is 15.0. The Balaban J connectivity index is 1.43. The smallest absolute Gasteiger partial charge is 0.274 e. The fourth-order valence-electron chi connectivity index (χ4n) is 4.65. The summed E-state index contributed by atoms with van der Waals surface area (Å²) < 4.78 is 19.2. The molecule has 1 amide bonds. The van der Waals surface area contributed by atoms with Gasteiger partial charge < -0.3 is 9.64 Å². The highest BCUT2D eigenvalue weighted by molar-refractivity contribution is 7.15. The summed E-state index contributed by atoms with van der Waals surface area (Å²) in [5.41, 5.74) is 0.415. The van der Waals surface area contributed by atoms with Crippen molar-refractivity contribution in [2.45, 2.75) is 38.8 Å². The molecule has 3 aliphatic rings. The highest BCUT2D eigenvalue weighted by Crippen LogP contribution is 2.47. The lowest BCUT2D eigenvalue weighted by molar-refractivity contribution is -0.0672. The molecule has 2 atom stereocenters. The second-order valence-corrected chi connectivity index (χ2v) is 9.48. The molecule has 1 aromatic carbocycles. The normalized spacial score (nSPS) is 24.5. The summed E-state index contributed by atoms with van der Waals surface area (Å²) in [4.78, 5) is 29.7. The summed E-state index contributed by atoms with van der Waals surface area (Å²) in [6.07, 6.45) is 5.37. The van der Waals surface area contributed by atoms with Crippen LogP contribution in [0.5, 0.6) is 5.75 Å². The number of carbonyl (C=O) groups excluding carboxylic acids is 1. The van der Waals surface area contributed by atoms with Crippen LogP contribution in [0.3, 0.4) is 0 Å². The number of benzene rings is 1. The van der Waals surface area contributed by atoms with E-state index in [4.69, 9.17) is 4.74 Å². The van der Waals surface area contributed by atoms with E-state index in [1.807, 2.05) is 11.8 Å².